The summed E-state index contributed by atoms with van der Waals surface area (Å²) in [6.45, 7) is 0.397. The summed E-state index contributed by atoms with van der Waals surface area (Å²) < 4.78 is 7.50. The fraction of sp³-hybridized carbons (Fsp3) is 0.0625. The third kappa shape index (κ3) is 2.64. The lowest BCUT2D eigenvalue weighted by molar-refractivity contribution is 0.302. The number of benzene rings is 2. The van der Waals surface area contributed by atoms with E-state index in [4.69, 9.17) is 10.5 Å². The van der Waals surface area contributed by atoms with Crippen LogP contribution in [0, 0.1) is 0 Å². The lowest BCUT2D eigenvalue weighted by Crippen LogP contribution is -2.01. The summed E-state index contributed by atoms with van der Waals surface area (Å²) in [7, 11) is 0. The van der Waals surface area contributed by atoms with Crippen LogP contribution in [-0.2, 0) is 6.61 Å². The summed E-state index contributed by atoms with van der Waals surface area (Å²) in [6.07, 6.45) is 1.92. The molecule has 0 saturated carbocycles. The van der Waals surface area contributed by atoms with Gasteiger partial charge in [0.1, 0.15) is 18.1 Å². The molecule has 0 radical (unpaired) electrons. The Morgan fingerprint density at radius 3 is 2.50 bits per heavy atom. The number of nitrogens with zero attached hydrogens (tertiary/aromatic N) is 2. The van der Waals surface area contributed by atoms with Gasteiger partial charge in [0, 0.05) is 6.20 Å². The van der Waals surface area contributed by atoms with Crippen LogP contribution in [0.1, 0.15) is 5.69 Å². The SMILES string of the molecule is Nc1ccccc1OCc1ccn(-c2ccccc2)n1. The van der Waals surface area contributed by atoms with Gasteiger partial charge in [0.2, 0.25) is 0 Å². The highest BCUT2D eigenvalue weighted by Crippen LogP contribution is 2.20. The van der Waals surface area contributed by atoms with Crippen LogP contribution in [0.2, 0.25) is 0 Å². The molecule has 0 spiro atoms. The van der Waals surface area contributed by atoms with Crippen LogP contribution in [0.25, 0.3) is 5.69 Å². The van der Waals surface area contributed by atoms with Crippen LogP contribution in [0.5, 0.6) is 5.75 Å². The fourth-order valence-electron chi connectivity index (χ4n) is 1.93. The molecule has 2 N–H and O–H groups in total. The summed E-state index contributed by atoms with van der Waals surface area (Å²) in [5.74, 6) is 0.682. The molecular formula is C16H15N3O. The third-order valence-electron chi connectivity index (χ3n) is 2.96. The highest BCUT2D eigenvalue weighted by molar-refractivity contribution is 5.51. The van der Waals surface area contributed by atoms with Crippen LogP contribution < -0.4 is 10.5 Å². The molecule has 3 aromatic rings. The van der Waals surface area contributed by atoms with Crippen molar-refractivity contribution in [3.8, 4) is 11.4 Å². The predicted octanol–water partition coefficient (Wildman–Crippen LogP) is 3.03. The fourth-order valence-corrected chi connectivity index (χ4v) is 1.93. The first kappa shape index (κ1) is 12.3. The molecule has 0 saturated heterocycles. The van der Waals surface area contributed by atoms with E-state index in [1.807, 2.05) is 71.5 Å². The number of para-hydroxylation sites is 3. The quantitative estimate of drug-likeness (QED) is 0.738. The van der Waals surface area contributed by atoms with Crippen molar-refractivity contribution < 1.29 is 4.74 Å². The number of hydrogen-bond acceptors (Lipinski definition) is 3. The molecule has 1 aromatic heterocycles. The molecule has 0 aliphatic rings. The van der Waals surface area contributed by atoms with Crippen molar-refractivity contribution >= 4 is 5.69 Å². The Labute approximate surface area is 117 Å². The molecule has 1 heterocycles. The number of rotatable bonds is 4. The van der Waals surface area contributed by atoms with Crippen LogP contribution in [0.4, 0.5) is 5.69 Å². The summed E-state index contributed by atoms with van der Waals surface area (Å²) in [5.41, 5.74) is 8.35. The standard InChI is InChI=1S/C16H15N3O/c17-15-8-4-5-9-16(15)20-12-13-10-11-19(18-13)14-6-2-1-3-7-14/h1-11H,12,17H2. The molecule has 3 rings (SSSR count). The third-order valence-corrected chi connectivity index (χ3v) is 2.96. The molecule has 4 nitrogen and oxygen atoms in total. The maximum atomic E-state index is 5.83. The first-order chi connectivity index (χ1) is 9.83. The van der Waals surface area contributed by atoms with Crippen LogP contribution in [-0.4, -0.2) is 9.78 Å². The summed E-state index contributed by atoms with van der Waals surface area (Å²) in [6, 6.07) is 19.3. The van der Waals surface area contributed by atoms with Gasteiger partial charge in [0.05, 0.1) is 11.4 Å². The van der Waals surface area contributed by atoms with E-state index in [0.29, 0.717) is 18.0 Å². The Morgan fingerprint density at radius 1 is 0.950 bits per heavy atom. The van der Waals surface area contributed by atoms with E-state index in [0.717, 1.165) is 11.4 Å². The molecule has 4 heteroatoms. The van der Waals surface area contributed by atoms with E-state index >= 15 is 0 Å². The van der Waals surface area contributed by atoms with Crippen molar-refractivity contribution in [2.75, 3.05) is 5.73 Å². The lowest BCUT2D eigenvalue weighted by Gasteiger charge is -2.06. The Kier molecular flexibility index (Phi) is 3.37. The molecule has 0 atom stereocenters. The van der Waals surface area contributed by atoms with Crippen molar-refractivity contribution in [1.82, 2.24) is 9.78 Å². The van der Waals surface area contributed by atoms with Gasteiger partial charge in [0.25, 0.3) is 0 Å². The van der Waals surface area contributed by atoms with Gasteiger partial charge in [-0.15, -0.1) is 0 Å². The van der Waals surface area contributed by atoms with E-state index in [2.05, 4.69) is 5.10 Å². The van der Waals surface area contributed by atoms with Crippen molar-refractivity contribution in [1.29, 1.82) is 0 Å². The number of aromatic nitrogens is 2. The van der Waals surface area contributed by atoms with Gasteiger partial charge in [-0.25, -0.2) is 4.68 Å². The maximum Gasteiger partial charge on any atom is 0.142 e. The minimum atomic E-state index is 0.397. The van der Waals surface area contributed by atoms with Gasteiger partial charge < -0.3 is 10.5 Å². The predicted molar refractivity (Wildman–Crippen MR) is 78.8 cm³/mol. The normalized spacial score (nSPS) is 10.4. The molecule has 0 aliphatic carbocycles. The van der Waals surface area contributed by atoms with Crippen molar-refractivity contribution in [2.45, 2.75) is 6.61 Å². The molecular weight excluding hydrogens is 250 g/mol. The highest BCUT2D eigenvalue weighted by Gasteiger charge is 2.03. The van der Waals surface area contributed by atoms with Gasteiger partial charge in [-0.3, -0.25) is 0 Å². The number of nitrogen functional groups attached to an aromatic ring is 1. The molecule has 20 heavy (non-hydrogen) atoms. The zero-order chi connectivity index (χ0) is 13.8. The topological polar surface area (TPSA) is 53.1 Å². The second-order valence-electron chi connectivity index (χ2n) is 4.41. The van der Waals surface area contributed by atoms with Crippen LogP contribution >= 0.6 is 0 Å². The Hall–Kier alpha value is -2.75. The zero-order valence-corrected chi connectivity index (χ0v) is 10.9. The summed E-state index contributed by atoms with van der Waals surface area (Å²) >= 11 is 0. The minimum Gasteiger partial charge on any atom is -0.485 e. The largest absolute Gasteiger partial charge is 0.485 e. The van der Waals surface area contributed by atoms with Crippen molar-refractivity contribution in [3.63, 3.8) is 0 Å². The van der Waals surface area contributed by atoms with Gasteiger partial charge in [-0.05, 0) is 30.3 Å². The Bertz CT molecular complexity index is 692. The smallest absolute Gasteiger partial charge is 0.142 e. The van der Waals surface area contributed by atoms with Crippen LogP contribution in [0.3, 0.4) is 0 Å². The Balaban J connectivity index is 1.71. The first-order valence-corrected chi connectivity index (χ1v) is 6.40. The lowest BCUT2D eigenvalue weighted by atomic mass is 10.3. The monoisotopic (exact) mass is 265 g/mol. The highest BCUT2D eigenvalue weighted by atomic mass is 16.5. The molecule has 2 aromatic carbocycles. The molecule has 0 amide bonds. The second-order valence-corrected chi connectivity index (χ2v) is 4.41. The molecule has 100 valence electrons. The second kappa shape index (κ2) is 5.48. The molecule has 0 bridgehead atoms. The summed E-state index contributed by atoms with van der Waals surface area (Å²) in [4.78, 5) is 0. The van der Waals surface area contributed by atoms with E-state index in [1.165, 1.54) is 0 Å². The van der Waals surface area contributed by atoms with E-state index < -0.39 is 0 Å². The zero-order valence-electron chi connectivity index (χ0n) is 10.9. The molecule has 0 aliphatic heterocycles. The summed E-state index contributed by atoms with van der Waals surface area (Å²) in [5, 5.41) is 4.48. The van der Waals surface area contributed by atoms with Gasteiger partial charge in [0.15, 0.2) is 0 Å². The van der Waals surface area contributed by atoms with Gasteiger partial charge in [-0.1, -0.05) is 30.3 Å². The Morgan fingerprint density at radius 2 is 1.70 bits per heavy atom. The molecule has 0 unspecified atom stereocenters. The van der Waals surface area contributed by atoms with Crippen LogP contribution in [0.15, 0.2) is 66.9 Å². The van der Waals surface area contributed by atoms with E-state index in [-0.39, 0.29) is 0 Å². The van der Waals surface area contributed by atoms with E-state index in [9.17, 15) is 0 Å². The van der Waals surface area contributed by atoms with E-state index in [1.54, 1.807) is 0 Å². The minimum absolute atomic E-state index is 0.397. The van der Waals surface area contributed by atoms with Crippen molar-refractivity contribution in [3.05, 3.63) is 72.6 Å². The molecule has 0 fully saturated rings. The average Bonchev–Trinajstić information content (AvgIpc) is 2.96. The number of anilines is 1. The maximum absolute atomic E-state index is 5.83. The van der Waals surface area contributed by atoms with Crippen molar-refractivity contribution in [2.24, 2.45) is 0 Å². The van der Waals surface area contributed by atoms with Gasteiger partial charge in [-0.2, -0.15) is 5.10 Å². The van der Waals surface area contributed by atoms with Gasteiger partial charge >= 0.3 is 0 Å². The first-order valence-electron chi connectivity index (χ1n) is 6.40. The number of ether oxygens (including phenoxy) is 1. The number of nitrogens with two attached hydrogens (primary N) is 1. The average molecular weight is 265 g/mol. The number of hydrogen-bond donors (Lipinski definition) is 1.